The Hall–Kier alpha value is -1.89. The van der Waals surface area contributed by atoms with Crippen molar-refractivity contribution in [2.24, 2.45) is 0 Å². The van der Waals surface area contributed by atoms with Crippen molar-refractivity contribution in [3.8, 4) is 0 Å². The van der Waals surface area contributed by atoms with Crippen LogP contribution in [0.2, 0.25) is 0 Å². The lowest BCUT2D eigenvalue weighted by molar-refractivity contribution is -0.134. The van der Waals surface area contributed by atoms with Gasteiger partial charge < -0.3 is 19.7 Å². The number of nitrogens with one attached hydrogen (secondary N) is 1. The summed E-state index contributed by atoms with van der Waals surface area (Å²) < 4.78 is 2.23. The Bertz CT molecular complexity index is 570. The summed E-state index contributed by atoms with van der Waals surface area (Å²) >= 11 is 0. The van der Waals surface area contributed by atoms with Gasteiger partial charge in [0.1, 0.15) is 5.82 Å². The molecule has 140 valence electrons. The molecular formula is C18H31N5O2. The Labute approximate surface area is 150 Å². The van der Waals surface area contributed by atoms with Crippen LogP contribution in [0.5, 0.6) is 0 Å². The van der Waals surface area contributed by atoms with Crippen LogP contribution in [-0.4, -0.2) is 71.9 Å². The zero-order valence-corrected chi connectivity index (χ0v) is 15.7. The number of aryl methyl sites for hydroxylation is 1. The van der Waals surface area contributed by atoms with E-state index in [4.69, 9.17) is 0 Å². The normalized spacial score (nSPS) is 17.8. The van der Waals surface area contributed by atoms with Crippen LogP contribution < -0.4 is 5.32 Å². The van der Waals surface area contributed by atoms with E-state index >= 15 is 0 Å². The second-order valence-corrected chi connectivity index (χ2v) is 6.99. The molecule has 2 rings (SSSR count). The van der Waals surface area contributed by atoms with E-state index in [1.807, 2.05) is 17.3 Å². The van der Waals surface area contributed by atoms with E-state index in [9.17, 15) is 9.59 Å². The number of rotatable bonds is 8. The van der Waals surface area contributed by atoms with Crippen LogP contribution in [0.15, 0.2) is 12.4 Å². The highest BCUT2D eigenvalue weighted by Gasteiger charge is 2.27. The van der Waals surface area contributed by atoms with E-state index in [-0.39, 0.29) is 30.6 Å². The van der Waals surface area contributed by atoms with Crippen LogP contribution in [0.1, 0.15) is 43.8 Å². The fraction of sp³-hybridized carbons (Fsp3) is 0.722. The van der Waals surface area contributed by atoms with Crippen molar-refractivity contribution in [3.05, 3.63) is 18.2 Å². The van der Waals surface area contributed by atoms with Gasteiger partial charge in [0.15, 0.2) is 0 Å². The summed E-state index contributed by atoms with van der Waals surface area (Å²) in [6.45, 7) is 3.49. The zero-order chi connectivity index (χ0) is 18.2. The van der Waals surface area contributed by atoms with Crippen LogP contribution in [0, 0.1) is 0 Å². The highest BCUT2D eigenvalue weighted by Crippen LogP contribution is 2.26. The number of hydrogen-bond acceptors (Lipinski definition) is 4. The molecule has 1 aromatic heterocycles. The maximum atomic E-state index is 12.4. The van der Waals surface area contributed by atoms with Gasteiger partial charge in [-0.3, -0.25) is 9.59 Å². The van der Waals surface area contributed by atoms with Gasteiger partial charge in [-0.25, -0.2) is 4.98 Å². The Morgan fingerprint density at radius 3 is 2.88 bits per heavy atom. The predicted molar refractivity (Wildman–Crippen MR) is 97.3 cm³/mol. The Morgan fingerprint density at radius 1 is 1.36 bits per heavy atom. The molecule has 1 N–H and O–H groups in total. The molecule has 7 nitrogen and oxygen atoms in total. The number of carbonyl (C=O) groups excluding carboxylic acids is 2. The standard InChI is InChI=1S/C18H31N5O2/c1-19-16(24)7-8-17(25)23-11-4-6-15(14-23)18-20-9-13-22(18)12-5-10-21(2)3/h9,13,15H,4-8,10-12,14H2,1-3H3,(H,19,24)/t15-/m0/s1. The molecule has 1 aliphatic heterocycles. The summed E-state index contributed by atoms with van der Waals surface area (Å²) in [7, 11) is 5.76. The fourth-order valence-corrected chi connectivity index (χ4v) is 3.34. The van der Waals surface area contributed by atoms with Gasteiger partial charge in [0, 0.05) is 57.8 Å². The van der Waals surface area contributed by atoms with Crippen molar-refractivity contribution in [2.45, 2.75) is 44.6 Å². The average molecular weight is 349 g/mol. The number of hydrogen-bond donors (Lipinski definition) is 1. The molecule has 0 aliphatic carbocycles. The van der Waals surface area contributed by atoms with Crippen LogP contribution >= 0.6 is 0 Å². The molecule has 25 heavy (non-hydrogen) atoms. The predicted octanol–water partition coefficient (Wildman–Crippen LogP) is 1.07. The van der Waals surface area contributed by atoms with Crippen molar-refractivity contribution in [3.63, 3.8) is 0 Å². The Morgan fingerprint density at radius 2 is 2.16 bits per heavy atom. The van der Waals surface area contributed by atoms with Crippen molar-refractivity contribution in [1.82, 2.24) is 24.7 Å². The van der Waals surface area contributed by atoms with Crippen molar-refractivity contribution < 1.29 is 9.59 Å². The van der Waals surface area contributed by atoms with Crippen molar-refractivity contribution in [2.75, 3.05) is 40.8 Å². The molecule has 0 saturated carbocycles. The third-order valence-corrected chi connectivity index (χ3v) is 4.74. The van der Waals surface area contributed by atoms with Gasteiger partial charge in [-0.2, -0.15) is 0 Å². The minimum Gasteiger partial charge on any atom is -0.359 e. The Kier molecular flexibility index (Phi) is 7.43. The third kappa shape index (κ3) is 5.85. The van der Waals surface area contributed by atoms with Crippen LogP contribution in [0.3, 0.4) is 0 Å². The summed E-state index contributed by atoms with van der Waals surface area (Å²) in [5.41, 5.74) is 0. The van der Waals surface area contributed by atoms with E-state index in [0.717, 1.165) is 44.7 Å². The molecule has 0 unspecified atom stereocenters. The van der Waals surface area contributed by atoms with Gasteiger partial charge in [-0.05, 0) is 39.9 Å². The van der Waals surface area contributed by atoms with Gasteiger partial charge in [-0.1, -0.05) is 0 Å². The SMILES string of the molecule is CNC(=O)CCC(=O)N1CCC[C@H](c2nccn2CCCN(C)C)C1. The molecule has 0 radical (unpaired) electrons. The van der Waals surface area contributed by atoms with E-state index in [2.05, 4.69) is 33.9 Å². The Balaban J connectivity index is 1.91. The molecule has 1 aromatic rings. The van der Waals surface area contributed by atoms with Crippen molar-refractivity contribution in [1.29, 1.82) is 0 Å². The molecule has 7 heteroatoms. The molecule has 0 aromatic carbocycles. The van der Waals surface area contributed by atoms with Gasteiger partial charge in [-0.15, -0.1) is 0 Å². The highest BCUT2D eigenvalue weighted by molar-refractivity contribution is 5.83. The first-order valence-corrected chi connectivity index (χ1v) is 9.15. The quantitative estimate of drug-likeness (QED) is 0.762. The second kappa shape index (κ2) is 9.56. The number of nitrogens with zero attached hydrogens (tertiary/aromatic N) is 4. The summed E-state index contributed by atoms with van der Waals surface area (Å²) in [4.78, 5) is 32.4. The molecule has 1 saturated heterocycles. The lowest BCUT2D eigenvalue weighted by Gasteiger charge is -2.32. The molecular weight excluding hydrogens is 318 g/mol. The first kappa shape index (κ1) is 19.4. The second-order valence-electron chi connectivity index (χ2n) is 6.99. The van der Waals surface area contributed by atoms with E-state index in [1.54, 1.807) is 7.05 Å². The maximum absolute atomic E-state index is 12.4. The fourth-order valence-electron chi connectivity index (χ4n) is 3.34. The molecule has 1 atom stereocenters. The van der Waals surface area contributed by atoms with E-state index in [1.165, 1.54) is 0 Å². The van der Waals surface area contributed by atoms with Crippen LogP contribution in [0.4, 0.5) is 0 Å². The van der Waals surface area contributed by atoms with Gasteiger partial charge in [0.25, 0.3) is 0 Å². The number of likely N-dealkylation sites (tertiary alicyclic amines) is 1. The highest BCUT2D eigenvalue weighted by atomic mass is 16.2. The van der Waals surface area contributed by atoms with Gasteiger partial charge in [0.2, 0.25) is 11.8 Å². The first-order chi connectivity index (χ1) is 12.0. The summed E-state index contributed by atoms with van der Waals surface area (Å²) in [5.74, 6) is 1.35. The summed E-state index contributed by atoms with van der Waals surface area (Å²) in [6.07, 6.45) is 7.57. The molecule has 0 spiro atoms. The molecule has 2 amide bonds. The third-order valence-electron chi connectivity index (χ3n) is 4.74. The monoisotopic (exact) mass is 349 g/mol. The van der Waals surface area contributed by atoms with E-state index < -0.39 is 0 Å². The van der Waals surface area contributed by atoms with Crippen molar-refractivity contribution >= 4 is 11.8 Å². The first-order valence-electron chi connectivity index (χ1n) is 9.15. The molecule has 0 bridgehead atoms. The molecule has 1 fully saturated rings. The lowest BCUT2D eigenvalue weighted by Crippen LogP contribution is -2.40. The summed E-state index contributed by atoms with van der Waals surface area (Å²) in [5, 5.41) is 2.56. The smallest absolute Gasteiger partial charge is 0.223 e. The zero-order valence-electron chi connectivity index (χ0n) is 15.7. The van der Waals surface area contributed by atoms with Gasteiger partial charge in [0.05, 0.1) is 0 Å². The number of imidazole rings is 1. The lowest BCUT2D eigenvalue weighted by atomic mass is 9.96. The minimum absolute atomic E-state index is 0.0685. The minimum atomic E-state index is -0.0849. The number of piperidine rings is 1. The van der Waals surface area contributed by atoms with Crippen LogP contribution in [0.25, 0.3) is 0 Å². The topological polar surface area (TPSA) is 70.5 Å². The number of amides is 2. The van der Waals surface area contributed by atoms with Gasteiger partial charge >= 0.3 is 0 Å². The maximum Gasteiger partial charge on any atom is 0.223 e. The average Bonchev–Trinajstić information content (AvgIpc) is 3.07. The number of carbonyl (C=O) groups is 2. The van der Waals surface area contributed by atoms with E-state index in [0.29, 0.717) is 6.54 Å². The largest absolute Gasteiger partial charge is 0.359 e. The molecule has 2 heterocycles. The molecule has 1 aliphatic rings. The van der Waals surface area contributed by atoms with Crippen LogP contribution in [-0.2, 0) is 16.1 Å². The number of aromatic nitrogens is 2. The summed E-state index contributed by atoms with van der Waals surface area (Å²) in [6, 6.07) is 0.